The number of hydrogen-bond acceptors (Lipinski definition) is 5. The van der Waals surface area contributed by atoms with Gasteiger partial charge < -0.3 is 9.64 Å². The molecule has 6 heteroatoms. The molecule has 0 radical (unpaired) electrons. The first-order chi connectivity index (χ1) is 11.7. The van der Waals surface area contributed by atoms with Crippen LogP contribution in [0.25, 0.3) is 0 Å². The monoisotopic (exact) mass is 349 g/mol. The molecule has 3 fully saturated rings. The number of carbonyl (C=O) groups is 1. The Hall–Kier alpha value is -0.980. The van der Waals surface area contributed by atoms with E-state index in [-0.39, 0.29) is 11.4 Å². The number of ether oxygens (including phenoxy) is 1. The molecule has 1 amide bonds. The number of carbonyl (C=O) groups excluding carboxylic acids is 1. The Labute approximate surface area is 148 Å². The van der Waals surface area contributed by atoms with Crippen molar-refractivity contribution in [1.82, 2.24) is 14.8 Å². The summed E-state index contributed by atoms with van der Waals surface area (Å²) in [4.78, 5) is 21.2. The van der Waals surface area contributed by atoms with Crippen molar-refractivity contribution in [2.45, 2.75) is 50.1 Å². The second kappa shape index (κ2) is 6.73. The molecule has 0 bridgehead atoms. The molecule has 132 valence electrons. The van der Waals surface area contributed by atoms with Crippen LogP contribution in [0.2, 0.25) is 0 Å². The lowest BCUT2D eigenvalue weighted by Gasteiger charge is -2.45. The Kier molecular flexibility index (Phi) is 4.62. The predicted molar refractivity (Wildman–Crippen MR) is 94.3 cm³/mol. The number of hydrogen-bond donors (Lipinski definition) is 0. The zero-order valence-electron chi connectivity index (χ0n) is 14.4. The minimum atomic E-state index is 0.0936. The maximum atomic E-state index is 12.5. The second-order valence-corrected chi connectivity index (χ2v) is 8.39. The summed E-state index contributed by atoms with van der Waals surface area (Å²) >= 11 is 1.48. The van der Waals surface area contributed by atoms with Crippen LogP contribution in [0.1, 0.15) is 49.0 Å². The Morgan fingerprint density at radius 2 is 2.08 bits per heavy atom. The van der Waals surface area contributed by atoms with Crippen molar-refractivity contribution in [3.63, 3.8) is 0 Å². The number of nitrogens with zero attached hydrogens (tertiary/aromatic N) is 3. The standard InChI is InChI=1S/C18H27N3O2S/c1-20-15(11-23-10-14-2-3-14)4-5-18(20)6-8-21(9-7-18)17(22)16-12-24-13-19-16/h12-15H,2-11H2,1H3. The summed E-state index contributed by atoms with van der Waals surface area (Å²) in [6, 6.07) is 0.546. The molecule has 1 atom stereocenters. The molecule has 5 nitrogen and oxygen atoms in total. The Bertz CT molecular complexity index is 565. The van der Waals surface area contributed by atoms with Gasteiger partial charge in [0.15, 0.2) is 0 Å². The van der Waals surface area contributed by atoms with E-state index in [0.29, 0.717) is 11.7 Å². The fourth-order valence-corrected chi connectivity index (χ4v) is 4.78. The largest absolute Gasteiger partial charge is 0.380 e. The average molecular weight is 350 g/mol. The van der Waals surface area contributed by atoms with Crippen molar-refractivity contribution in [2.24, 2.45) is 5.92 Å². The Morgan fingerprint density at radius 3 is 2.75 bits per heavy atom. The normalized spacial score (nSPS) is 27.0. The Morgan fingerprint density at radius 1 is 1.29 bits per heavy atom. The van der Waals surface area contributed by atoms with Gasteiger partial charge in [-0.25, -0.2) is 4.98 Å². The number of amides is 1. The molecule has 0 N–H and O–H groups in total. The molecule has 1 aliphatic carbocycles. The van der Waals surface area contributed by atoms with E-state index in [1.165, 1.54) is 37.0 Å². The lowest BCUT2D eigenvalue weighted by atomic mass is 9.85. The zero-order valence-corrected chi connectivity index (χ0v) is 15.3. The van der Waals surface area contributed by atoms with Crippen LogP contribution >= 0.6 is 11.3 Å². The van der Waals surface area contributed by atoms with Gasteiger partial charge in [-0.15, -0.1) is 11.3 Å². The van der Waals surface area contributed by atoms with Crippen LogP contribution in [0.15, 0.2) is 10.9 Å². The van der Waals surface area contributed by atoms with E-state index in [1.807, 2.05) is 10.3 Å². The van der Waals surface area contributed by atoms with Crippen molar-refractivity contribution < 1.29 is 9.53 Å². The minimum Gasteiger partial charge on any atom is -0.380 e. The van der Waals surface area contributed by atoms with E-state index < -0.39 is 0 Å². The molecule has 1 aromatic heterocycles. The first-order valence-corrected chi connectivity index (χ1v) is 10.1. The van der Waals surface area contributed by atoms with Crippen molar-refractivity contribution in [2.75, 3.05) is 33.4 Å². The van der Waals surface area contributed by atoms with E-state index in [1.54, 1.807) is 5.51 Å². The van der Waals surface area contributed by atoms with Gasteiger partial charge in [0.05, 0.1) is 12.1 Å². The van der Waals surface area contributed by atoms with Crippen molar-refractivity contribution in [3.05, 3.63) is 16.6 Å². The maximum absolute atomic E-state index is 12.5. The van der Waals surface area contributed by atoms with E-state index in [9.17, 15) is 4.79 Å². The summed E-state index contributed by atoms with van der Waals surface area (Å²) in [5, 5.41) is 1.85. The van der Waals surface area contributed by atoms with E-state index in [2.05, 4.69) is 16.9 Å². The molecule has 1 saturated carbocycles. The maximum Gasteiger partial charge on any atom is 0.273 e. The smallest absolute Gasteiger partial charge is 0.273 e. The summed E-state index contributed by atoms with van der Waals surface area (Å²) in [6.07, 6.45) is 7.30. The lowest BCUT2D eigenvalue weighted by Crippen LogP contribution is -2.54. The van der Waals surface area contributed by atoms with Gasteiger partial charge in [0, 0.05) is 36.7 Å². The number of aromatic nitrogens is 1. The molecule has 3 aliphatic rings. The molecule has 2 saturated heterocycles. The highest BCUT2D eigenvalue weighted by Gasteiger charge is 2.46. The topological polar surface area (TPSA) is 45.7 Å². The third kappa shape index (κ3) is 3.24. The fourth-order valence-electron chi connectivity index (χ4n) is 4.25. The molecular weight excluding hydrogens is 322 g/mol. The molecule has 1 unspecified atom stereocenters. The SMILES string of the molecule is CN1C(COCC2CC2)CCC12CCN(C(=O)c1cscn1)CC2. The first-order valence-electron chi connectivity index (χ1n) is 9.16. The van der Waals surface area contributed by atoms with Gasteiger partial charge in [0.25, 0.3) is 5.91 Å². The van der Waals surface area contributed by atoms with Crippen molar-refractivity contribution in [3.8, 4) is 0 Å². The van der Waals surface area contributed by atoms with Crippen LogP contribution in [-0.4, -0.2) is 65.6 Å². The molecular formula is C18H27N3O2S. The number of thiazole rings is 1. The second-order valence-electron chi connectivity index (χ2n) is 7.67. The van der Waals surface area contributed by atoms with E-state index in [0.717, 1.165) is 45.1 Å². The summed E-state index contributed by atoms with van der Waals surface area (Å²) < 4.78 is 5.94. The van der Waals surface area contributed by atoms with Crippen LogP contribution in [0, 0.1) is 5.92 Å². The average Bonchev–Trinajstić information content (AvgIpc) is 3.17. The summed E-state index contributed by atoms with van der Waals surface area (Å²) in [5.41, 5.74) is 2.60. The Balaban J connectivity index is 1.30. The van der Waals surface area contributed by atoms with Crippen LogP contribution in [-0.2, 0) is 4.74 Å². The van der Waals surface area contributed by atoms with E-state index in [4.69, 9.17) is 4.74 Å². The van der Waals surface area contributed by atoms with Crippen LogP contribution in [0.5, 0.6) is 0 Å². The number of piperidine rings is 1. The predicted octanol–water partition coefficient (Wildman–Crippen LogP) is 2.64. The van der Waals surface area contributed by atoms with Gasteiger partial charge in [0.1, 0.15) is 5.69 Å². The van der Waals surface area contributed by atoms with Crippen LogP contribution < -0.4 is 0 Å². The van der Waals surface area contributed by atoms with Gasteiger partial charge >= 0.3 is 0 Å². The third-order valence-corrected chi connectivity index (χ3v) is 6.82. The molecule has 1 spiro atoms. The molecule has 3 heterocycles. The highest BCUT2D eigenvalue weighted by molar-refractivity contribution is 7.07. The van der Waals surface area contributed by atoms with Crippen molar-refractivity contribution in [1.29, 1.82) is 0 Å². The van der Waals surface area contributed by atoms with Crippen LogP contribution in [0.4, 0.5) is 0 Å². The zero-order chi connectivity index (χ0) is 16.6. The highest BCUT2D eigenvalue weighted by atomic mass is 32.1. The fraction of sp³-hybridized carbons (Fsp3) is 0.778. The number of rotatable bonds is 5. The lowest BCUT2D eigenvalue weighted by molar-refractivity contribution is 0.0171. The molecule has 1 aromatic rings. The van der Waals surface area contributed by atoms with E-state index >= 15 is 0 Å². The summed E-state index contributed by atoms with van der Waals surface area (Å²) in [6.45, 7) is 3.51. The van der Waals surface area contributed by atoms with Gasteiger partial charge in [-0.3, -0.25) is 9.69 Å². The number of likely N-dealkylation sites (tertiary alicyclic amines) is 2. The molecule has 24 heavy (non-hydrogen) atoms. The quantitative estimate of drug-likeness (QED) is 0.820. The molecule has 2 aliphatic heterocycles. The molecule has 4 rings (SSSR count). The summed E-state index contributed by atoms with van der Waals surface area (Å²) in [5.74, 6) is 0.932. The minimum absolute atomic E-state index is 0.0936. The highest BCUT2D eigenvalue weighted by Crippen LogP contribution is 2.41. The third-order valence-electron chi connectivity index (χ3n) is 6.23. The first kappa shape index (κ1) is 16.5. The number of likely N-dealkylation sites (N-methyl/N-ethyl adjacent to an activating group) is 1. The van der Waals surface area contributed by atoms with Crippen LogP contribution in [0.3, 0.4) is 0 Å². The molecule has 0 aromatic carbocycles. The van der Waals surface area contributed by atoms with Gasteiger partial charge in [0.2, 0.25) is 0 Å². The van der Waals surface area contributed by atoms with Crippen molar-refractivity contribution >= 4 is 17.2 Å². The van der Waals surface area contributed by atoms with Gasteiger partial charge in [-0.2, -0.15) is 0 Å². The van der Waals surface area contributed by atoms with Gasteiger partial charge in [-0.05, 0) is 51.5 Å². The van der Waals surface area contributed by atoms with Gasteiger partial charge in [-0.1, -0.05) is 0 Å². The summed E-state index contributed by atoms with van der Waals surface area (Å²) in [7, 11) is 2.26.